The standard InChI is InChI=1S/C16H17ClN2OS/c1-10-3-5-13(8-14(10)17)19-16(20)9-21-15-6-4-12(18)7-11(15)2/h3-8H,9,18H2,1-2H3,(H,19,20). The van der Waals surface area contributed by atoms with Gasteiger partial charge < -0.3 is 11.1 Å². The minimum absolute atomic E-state index is 0.0591. The first-order valence-electron chi connectivity index (χ1n) is 6.50. The van der Waals surface area contributed by atoms with Gasteiger partial charge in [-0.25, -0.2) is 0 Å². The number of nitrogens with two attached hydrogens (primary N) is 1. The highest BCUT2D eigenvalue weighted by Crippen LogP contribution is 2.25. The third-order valence-electron chi connectivity index (χ3n) is 3.01. The molecule has 21 heavy (non-hydrogen) atoms. The normalized spacial score (nSPS) is 10.4. The number of thioether (sulfide) groups is 1. The summed E-state index contributed by atoms with van der Waals surface area (Å²) in [5, 5.41) is 3.49. The fraction of sp³-hybridized carbons (Fsp3) is 0.188. The molecule has 2 aromatic rings. The average molecular weight is 321 g/mol. The first-order valence-corrected chi connectivity index (χ1v) is 7.87. The van der Waals surface area contributed by atoms with Gasteiger partial charge in [0, 0.05) is 21.3 Å². The Bertz CT molecular complexity index is 673. The largest absolute Gasteiger partial charge is 0.399 e. The second-order valence-corrected chi connectivity index (χ2v) is 6.25. The first kappa shape index (κ1) is 15.7. The van der Waals surface area contributed by atoms with E-state index in [4.69, 9.17) is 17.3 Å². The van der Waals surface area contributed by atoms with Crippen LogP contribution in [0.1, 0.15) is 11.1 Å². The Kier molecular flexibility index (Phi) is 5.15. The fourth-order valence-corrected chi connectivity index (χ4v) is 2.84. The monoisotopic (exact) mass is 320 g/mol. The molecular formula is C16H17ClN2OS. The van der Waals surface area contributed by atoms with Crippen LogP contribution < -0.4 is 11.1 Å². The minimum atomic E-state index is -0.0591. The number of benzene rings is 2. The summed E-state index contributed by atoms with van der Waals surface area (Å²) in [5.41, 5.74) is 9.22. The summed E-state index contributed by atoms with van der Waals surface area (Å²) < 4.78 is 0. The number of nitrogens with one attached hydrogen (secondary N) is 1. The summed E-state index contributed by atoms with van der Waals surface area (Å²) in [6.45, 7) is 3.91. The number of amides is 1. The second kappa shape index (κ2) is 6.87. The number of nitrogen functional groups attached to an aromatic ring is 1. The van der Waals surface area contributed by atoms with Crippen molar-refractivity contribution in [1.29, 1.82) is 0 Å². The van der Waals surface area contributed by atoms with Crippen molar-refractivity contribution in [2.75, 3.05) is 16.8 Å². The van der Waals surface area contributed by atoms with Crippen LogP contribution in [-0.4, -0.2) is 11.7 Å². The van der Waals surface area contributed by atoms with Crippen LogP contribution >= 0.6 is 23.4 Å². The summed E-state index contributed by atoms with van der Waals surface area (Å²) in [6, 6.07) is 11.2. The topological polar surface area (TPSA) is 55.1 Å². The highest BCUT2D eigenvalue weighted by molar-refractivity contribution is 8.00. The Morgan fingerprint density at radius 1 is 1.19 bits per heavy atom. The summed E-state index contributed by atoms with van der Waals surface area (Å²) in [5.74, 6) is 0.284. The van der Waals surface area contributed by atoms with Crippen molar-refractivity contribution in [3.05, 3.63) is 52.5 Å². The SMILES string of the molecule is Cc1ccc(NC(=O)CSc2ccc(N)cc2C)cc1Cl. The molecule has 0 atom stereocenters. The zero-order valence-corrected chi connectivity index (χ0v) is 13.5. The van der Waals surface area contributed by atoms with Crippen molar-refractivity contribution < 1.29 is 4.79 Å². The summed E-state index contributed by atoms with van der Waals surface area (Å²) in [4.78, 5) is 13.0. The van der Waals surface area contributed by atoms with Crippen LogP contribution in [0.2, 0.25) is 5.02 Å². The maximum absolute atomic E-state index is 12.0. The van der Waals surface area contributed by atoms with E-state index in [1.165, 1.54) is 11.8 Å². The highest BCUT2D eigenvalue weighted by atomic mass is 35.5. The smallest absolute Gasteiger partial charge is 0.234 e. The molecule has 0 spiro atoms. The van der Waals surface area contributed by atoms with E-state index < -0.39 is 0 Å². The lowest BCUT2D eigenvalue weighted by atomic mass is 10.2. The van der Waals surface area contributed by atoms with Gasteiger partial charge in [-0.05, 0) is 55.3 Å². The molecule has 2 aromatic carbocycles. The van der Waals surface area contributed by atoms with Crippen LogP contribution in [0.4, 0.5) is 11.4 Å². The van der Waals surface area contributed by atoms with E-state index in [9.17, 15) is 4.79 Å². The van der Waals surface area contributed by atoms with E-state index in [2.05, 4.69) is 5.32 Å². The van der Waals surface area contributed by atoms with E-state index in [-0.39, 0.29) is 5.91 Å². The lowest BCUT2D eigenvalue weighted by Crippen LogP contribution is -2.14. The molecule has 0 saturated carbocycles. The fourth-order valence-electron chi connectivity index (χ4n) is 1.85. The van der Waals surface area contributed by atoms with Crippen LogP contribution in [0, 0.1) is 13.8 Å². The molecule has 0 aliphatic rings. The van der Waals surface area contributed by atoms with E-state index >= 15 is 0 Å². The van der Waals surface area contributed by atoms with Crippen molar-refractivity contribution in [3.63, 3.8) is 0 Å². The minimum Gasteiger partial charge on any atom is -0.399 e. The predicted molar refractivity (Wildman–Crippen MR) is 91.1 cm³/mol. The van der Waals surface area contributed by atoms with Crippen LogP contribution in [-0.2, 0) is 4.79 Å². The third kappa shape index (κ3) is 4.41. The van der Waals surface area contributed by atoms with Crippen molar-refractivity contribution in [3.8, 4) is 0 Å². The molecule has 0 bridgehead atoms. The molecule has 0 aliphatic carbocycles. The summed E-state index contributed by atoms with van der Waals surface area (Å²) in [6.07, 6.45) is 0. The van der Waals surface area contributed by atoms with Crippen LogP contribution in [0.25, 0.3) is 0 Å². The average Bonchev–Trinajstić information content (AvgIpc) is 2.42. The number of hydrogen-bond donors (Lipinski definition) is 2. The zero-order chi connectivity index (χ0) is 15.4. The second-order valence-electron chi connectivity index (χ2n) is 4.83. The molecule has 2 rings (SSSR count). The Morgan fingerprint density at radius 2 is 1.95 bits per heavy atom. The van der Waals surface area contributed by atoms with Crippen molar-refractivity contribution in [2.24, 2.45) is 0 Å². The van der Waals surface area contributed by atoms with Gasteiger partial charge in [-0.2, -0.15) is 0 Å². The number of aryl methyl sites for hydroxylation is 2. The van der Waals surface area contributed by atoms with Crippen molar-refractivity contribution in [2.45, 2.75) is 18.7 Å². The lowest BCUT2D eigenvalue weighted by Gasteiger charge is -2.08. The Balaban J connectivity index is 1.94. The maximum atomic E-state index is 12.0. The molecule has 0 radical (unpaired) electrons. The van der Waals surface area contributed by atoms with E-state index in [0.717, 1.165) is 21.7 Å². The van der Waals surface area contributed by atoms with Crippen LogP contribution in [0.15, 0.2) is 41.3 Å². The molecule has 0 aliphatic heterocycles. The quantitative estimate of drug-likeness (QED) is 0.653. The van der Waals surface area contributed by atoms with Gasteiger partial charge in [0.25, 0.3) is 0 Å². The molecule has 110 valence electrons. The van der Waals surface area contributed by atoms with Crippen LogP contribution in [0.3, 0.4) is 0 Å². The molecule has 3 N–H and O–H groups in total. The number of halogens is 1. The molecule has 3 nitrogen and oxygen atoms in total. The number of carbonyl (C=O) groups is 1. The lowest BCUT2D eigenvalue weighted by molar-refractivity contribution is -0.113. The van der Waals surface area contributed by atoms with Gasteiger partial charge in [0.1, 0.15) is 0 Å². The number of carbonyl (C=O) groups excluding carboxylic acids is 1. The van der Waals surface area contributed by atoms with Gasteiger partial charge in [-0.1, -0.05) is 17.7 Å². The maximum Gasteiger partial charge on any atom is 0.234 e. The Morgan fingerprint density at radius 3 is 2.62 bits per heavy atom. The van der Waals surface area contributed by atoms with Gasteiger partial charge in [0.15, 0.2) is 0 Å². The summed E-state index contributed by atoms with van der Waals surface area (Å²) >= 11 is 7.53. The Labute approximate surface area is 133 Å². The highest BCUT2D eigenvalue weighted by Gasteiger charge is 2.06. The first-order chi connectivity index (χ1) is 9.95. The van der Waals surface area contributed by atoms with Gasteiger partial charge in [-0.15, -0.1) is 11.8 Å². The zero-order valence-electron chi connectivity index (χ0n) is 11.9. The molecule has 0 unspecified atom stereocenters. The number of hydrogen-bond acceptors (Lipinski definition) is 3. The van der Waals surface area contributed by atoms with Gasteiger partial charge >= 0.3 is 0 Å². The summed E-state index contributed by atoms with van der Waals surface area (Å²) in [7, 11) is 0. The predicted octanol–water partition coefficient (Wildman–Crippen LogP) is 4.27. The molecular weight excluding hydrogens is 304 g/mol. The Hall–Kier alpha value is -1.65. The van der Waals surface area contributed by atoms with E-state index in [1.54, 1.807) is 6.07 Å². The number of rotatable bonds is 4. The third-order valence-corrected chi connectivity index (χ3v) is 4.60. The van der Waals surface area contributed by atoms with Crippen molar-refractivity contribution in [1.82, 2.24) is 0 Å². The van der Waals surface area contributed by atoms with E-state index in [1.807, 2.05) is 44.2 Å². The molecule has 0 heterocycles. The van der Waals surface area contributed by atoms with Crippen molar-refractivity contribution >= 4 is 40.6 Å². The van der Waals surface area contributed by atoms with Gasteiger partial charge in [0.2, 0.25) is 5.91 Å². The molecule has 0 aromatic heterocycles. The number of anilines is 2. The molecule has 0 fully saturated rings. The van der Waals surface area contributed by atoms with Crippen LogP contribution in [0.5, 0.6) is 0 Å². The van der Waals surface area contributed by atoms with E-state index in [0.29, 0.717) is 16.5 Å². The molecule has 0 saturated heterocycles. The molecule has 5 heteroatoms. The van der Waals surface area contributed by atoms with Gasteiger partial charge in [0.05, 0.1) is 5.75 Å². The van der Waals surface area contributed by atoms with Gasteiger partial charge in [-0.3, -0.25) is 4.79 Å². The molecule has 1 amide bonds.